The van der Waals surface area contributed by atoms with Crippen LogP contribution in [-0.4, -0.2) is 44.0 Å². The molecule has 0 aliphatic heterocycles. The lowest BCUT2D eigenvalue weighted by Crippen LogP contribution is -2.41. The van der Waals surface area contributed by atoms with Gasteiger partial charge in [0.05, 0.1) is 6.04 Å². The van der Waals surface area contributed by atoms with E-state index in [0.29, 0.717) is 13.1 Å². The lowest BCUT2D eigenvalue weighted by molar-refractivity contribution is -0.124. The van der Waals surface area contributed by atoms with Crippen molar-refractivity contribution < 1.29 is 4.79 Å². The molecule has 22 heavy (non-hydrogen) atoms. The van der Waals surface area contributed by atoms with E-state index in [2.05, 4.69) is 29.4 Å². The van der Waals surface area contributed by atoms with E-state index >= 15 is 0 Å². The Labute approximate surface area is 139 Å². The van der Waals surface area contributed by atoms with Gasteiger partial charge in [-0.2, -0.15) is 0 Å². The van der Waals surface area contributed by atoms with Crippen molar-refractivity contribution in [3.8, 4) is 0 Å². The Hall–Kier alpha value is -1.10. The molecule has 0 saturated heterocycles. The van der Waals surface area contributed by atoms with Gasteiger partial charge in [-0.1, -0.05) is 50.6 Å². The summed E-state index contributed by atoms with van der Waals surface area (Å²) in [5.74, 6) is 0.0205. The number of halogens is 1. The maximum Gasteiger partial charge on any atom is 0.224 e. The average molecular weight is 326 g/mol. The Kier molecular flexibility index (Phi) is 8.46. The summed E-state index contributed by atoms with van der Waals surface area (Å²) in [5, 5.41) is 6.84. The number of carbonyl (C=O) groups excluding carboxylic acids is 1. The van der Waals surface area contributed by atoms with E-state index in [4.69, 9.17) is 11.6 Å². The molecule has 1 amide bonds. The van der Waals surface area contributed by atoms with Crippen LogP contribution in [0.25, 0.3) is 0 Å². The van der Waals surface area contributed by atoms with Gasteiger partial charge in [0.2, 0.25) is 5.91 Å². The molecule has 0 saturated carbocycles. The maximum atomic E-state index is 12.2. The zero-order valence-corrected chi connectivity index (χ0v) is 14.8. The van der Waals surface area contributed by atoms with Gasteiger partial charge in [-0.3, -0.25) is 9.69 Å². The minimum Gasteiger partial charge on any atom is -0.354 e. The number of hydrogen-bond donors (Lipinski definition) is 2. The highest BCUT2D eigenvalue weighted by molar-refractivity contribution is 6.31. The second-order valence-corrected chi connectivity index (χ2v) is 5.87. The first-order valence-electron chi connectivity index (χ1n) is 7.95. The van der Waals surface area contributed by atoms with Gasteiger partial charge in [0, 0.05) is 24.0 Å². The molecule has 124 valence electrons. The number of nitrogens with zero attached hydrogens (tertiary/aromatic N) is 1. The molecule has 0 aliphatic rings. The number of rotatable bonds is 9. The molecule has 0 fully saturated rings. The monoisotopic (exact) mass is 325 g/mol. The zero-order chi connectivity index (χ0) is 16.5. The molecule has 1 rings (SSSR count). The van der Waals surface area contributed by atoms with Crippen molar-refractivity contribution in [2.24, 2.45) is 5.92 Å². The van der Waals surface area contributed by atoms with E-state index in [9.17, 15) is 4.79 Å². The van der Waals surface area contributed by atoms with E-state index in [1.165, 1.54) is 0 Å². The first kappa shape index (κ1) is 18.9. The highest BCUT2D eigenvalue weighted by Crippen LogP contribution is 2.27. The van der Waals surface area contributed by atoms with Crippen LogP contribution in [0.15, 0.2) is 24.3 Å². The summed E-state index contributed by atoms with van der Waals surface area (Å²) in [6, 6.07) is 7.95. The first-order valence-corrected chi connectivity index (χ1v) is 8.33. The van der Waals surface area contributed by atoms with Crippen LogP contribution < -0.4 is 10.6 Å². The van der Waals surface area contributed by atoms with E-state index in [-0.39, 0.29) is 17.9 Å². The minimum atomic E-state index is -0.0476. The van der Waals surface area contributed by atoms with E-state index in [1.54, 1.807) is 0 Å². The smallest absolute Gasteiger partial charge is 0.224 e. The quantitative estimate of drug-likeness (QED) is 0.733. The van der Waals surface area contributed by atoms with Gasteiger partial charge in [0.1, 0.15) is 0 Å². The normalized spacial score (nSPS) is 13.9. The topological polar surface area (TPSA) is 44.4 Å². The minimum absolute atomic E-state index is 0.0476. The van der Waals surface area contributed by atoms with Gasteiger partial charge in [-0.25, -0.2) is 0 Å². The number of nitrogens with one attached hydrogen (secondary N) is 2. The standard InChI is InChI=1S/C17H28ClN3O/c1-5-21(6-2)16(14-9-7-8-10-15(14)18)12-20-17(22)13(3)11-19-4/h7-10,13,16,19H,5-6,11-12H2,1-4H3,(H,20,22). The molecule has 1 aromatic rings. The van der Waals surface area contributed by atoms with Gasteiger partial charge in [-0.15, -0.1) is 0 Å². The van der Waals surface area contributed by atoms with E-state index in [0.717, 1.165) is 23.7 Å². The largest absolute Gasteiger partial charge is 0.354 e. The van der Waals surface area contributed by atoms with Crippen LogP contribution in [0.5, 0.6) is 0 Å². The Morgan fingerprint density at radius 3 is 2.41 bits per heavy atom. The Bertz CT molecular complexity index is 463. The molecular weight excluding hydrogens is 298 g/mol. The van der Waals surface area contributed by atoms with Crippen molar-refractivity contribution in [3.63, 3.8) is 0 Å². The Morgan fingerprint density at radius 2 is 1.86 bits per heavy atom. The van der Waals surface area contributed by atoms with Crippen LogP contribution in [0.2, 0.25) is 5.02 Å². The van der Waals surface area contributed by atoms with Crippen LogP contribution in [0.4, 0.5) is 0 Å². The summed E-state index contributed by atoms with van der Waals surface area (Å²) in [6.45, 7) is 9.24. The Morgan fingerprint density at radius 1 is 1.23 bits per heavy atom. The Balaban J connectivity index is 2.84. The fourth-order valence-corrected chi connectivity index (χ4v) is 2.88. The van der Waals surface area contributed by atoms with Crippen LogP contribution in [0.1, 0.15) is 32.4 Å². The summed E-state index contributed by atoms with van der Waals surface area (Å²) >= 11 is 6.36. The number of likely N-dealkylation sites (N-methyl/N-ethyl adjacent to an activating group) is 1. The third-order valence-electron chi connectivity index (χ3n) is 3.94. The second-order valence-electron chi connectivity index (χ2n) is 5.46. The molecule has 0 radical (unpaired) electrons. The molecule has 0 aromatic heterocycles. The van der Waals surface area contributed by atoms with Crippen molar-refractivity contribution in [3.05, 3.63) is 34.9 Å². The fourth-order valence-electron chi connectivity index (χ4n) is 2.62. The second kappa shape index (κ2) is 9.82. The van der Waals surface area contributed by atoms with Crippen molar-refractivity contribution in [1.82, 2.24) is 15.5 Å². The first-order chi connectivity index (χ1) is 10.5. The summed E-state index contributed by atoms with van der Waals surface area (Å²) in [5.41, 5.74) is 1.06. The predicted molar refractivity (Wildman–Crippen MR) is 93.2 cm³/mol. The lowest BCUT2D eigenvalue weighted by atomic mass is 10.0. The average Bonchev–Trinajstić information content (AvgIpc) is 2.52. The van der Waals surface area contributed by atoms with E-state index < -0.39 is 0 Å². The number of carbonyl (C=O) groups is 1. The molecule has 2 unspecified atom stereocenters. The zero-order valence-electron chi connectivity index (χ0n) is 14.0. The van der Waals surface area contributed by atoms with Gasteiger partial charge in [0.25, 0.3) is 0 Å². The number of hydrogen-bond acceptors (Lipinski definition) is 3. The van der Waals surface area contributed by atoms with Crippen molar-refractivity contribution in [2.45, 2.75) is 26.8 Å². The van der Waals surface area contributed by atoms with Crippen molar-refractivity contribution in [2.75, 3.05) is 33.2 Å². The van der Waals surface area contributed by atoms with Gasteiger partial charge in [-0.05, 0) is 31.8 Å². The molecule has 0 spiro atoms. The highest BCUT2D eigenvalue weighted by Gasteiger charge is 2.22. The SMILES string of the molecule is CCN(CC)C(CNC(=O)C(C)CNC)c1ccccc1Cl. The number of benzene rings is 1. The summed E-state index contributed by atoms with van der Waals surface area (Å²) in [6.07, 6.45) is 0. The van der Waals surface area contributed by atoms with Crippen LogP contribution in [0.3, 0.4) is 0 Å². The van der Waals surface area contributed by atoms with Crippen LogP contribution in [-0.2, 0) is 4.79 Å². The van der Waals surface area contributed by atoms with Gasteiger partial charge < -0.3 is 10.6 Å². The van der Waals surface area contributed by atoms with Gasteiger partial charge in [0.15, 0.2) is 0 Å². The third-order valence-corrected chi connectivity index (χ3v) is 4.29. The van der Waals surface area contributed by atoms with Crippen molar-refractivity contribution in [1.29, 1.82) is 0 Å². The number of amides is 1. The van der Waals surface area contributed by atoms with Crippen molar-refractivity contribution >= 4 is 17.5 Å². The third kappa shape index (κ3) is 5.27. The lowest BCUT2D eigenvalue weighted by Gasteiger charge is -2.31. The maximum absolute atomic E-state index is 12.2. The fraction of sp³-hybridized carbons (Fsp3) is 0.588. The summed E-state index contributed by atoms with van der Waals surface area (Å²) in [7, 11) is 1.85. The molecule has 5 heteroatoms. The summed E-state index contributed by atoms with van der Waals surface area (Å²) < 4.78 is 0. The van der Waals surface area contributed by atoms with E-state index in [1.807, 2.05) is 38.2 Å². The molecule has 0 aliphatic carbocycles. The molecule has 1 aromatic carbocycles. The molecule has 2 atom stereocenters. The van der Waals surface area contributed by atoms with Crippen LogP contribution >= 0.6 is 11.6 Å². The molecule has 4 nitrogen and oxygen atoms in total. The summed E-state index contributed by atoms with van der Waals surface area (Å²) in [4.78, 5) is 14.5. The molecule has 2 N–H and O–H groups in total. The molecular formula is C17H28ClN3O. The highest BCUT2D eigenvalue weighted by atomic mass is 35.5. The van der Waals surface area contributed by atoms with Crippen LogP contribution in [0, 0.1) is 5.92 Å². The molecule has 0 heterocycles. The van der Waals surface area contributed by atoms with Gasteiger partial charge >= 0.3 is 0 Å². The molecule has 0 bridgehead atoms. The predicted octanol–water partition coefficient (Wildman–Crippen LogP) is 2.69.